The fourth-order valence-corrected chi connectivity index (χ4v) is 0.842. The molecule has 0 amide bonds. The lowest BCUT2D eigenvalue weighted by molar-refractivity contribution is 0.00848. The Morgan fingerprint density at radius 1 is 1.67 bits per heavy atom. The Morgan fingerprint density at radius 2 is 2.33 bits per heavy atom. The summed E-state index contributed by atoms with van der Waals surface area (Å²) in [7, 11) is 0. The molecule has 0 spiro atoms. The number of aromatic nitrogens is 2. The van der Waals surface area contributed by atoms with E-state index < -0.39 is 5.92 Å². The molecular weight excluding hydrogens is 166 g/mol. The summed E-state index contributed by atoms with van der Waals surface area (Å²) in [5.41, 5.74) is -0.348. The van der Waals surface area contributed by atoms with E-state index in [1.807, 2.05) is 0 Å². The maximum Gasteiger partial charge on any atom is 0.325 e. The molecule has 0 atom stereocenters. The van der Waals surface area contributed by atoms with Gasteiger partial charge in [0.1, 0.15) is 0 Å². The number of H-pyrrole nitrogens is 1. The van der Waals surface area contributed by atoms with Crippen molar-refractivity contribution in [3.8, 4) is 0 Å². The number of aryl methyl sites for hydroxylation is 1. The molecule has 1 aromatic rings. The zero-order valence-electron chi connectivity index (χ0n) is 6.68. The highest BCUT2D eigenvalue weighted by Gasteiger charge is 2.20. The number of halogens is 2. The molecule has 0 unspecified atom stereocenters. The van der Waals surface area contributed by atoms with Gasteiger partial charge in [0.2, 0.25) is 5.92 Å². The van der Waals surface area contributed by atoms with Crippen molar-refractivity contribution < 1.29 is 8.78 Å². The standard InChI is InChI=1S/C7H10F2N2O/c1-7(8,9)2-4-11-5-3-10-6(11)12/h3,5H,2,4H2,1H3,(H,10,12). The van der Waals surface area contributed by atoms with Gasteiger partial charge in [-0.3, -0.25) is 4.57 Å². The second kappa shape index (κ2) is 3.08. The molecule has 0 aromatic carbocycles. The normalized spacial score (nSPS) is 11.9. The number of hydrogen-bond acceptors (Lipinski definition) is 1. The van der Waals surface area contributed by atoms with Gasteiger partial charge in [0.05, 0.1) is 0 Å². The monoisotopic (exact) mass is 176 g/mol. The van der Waals surface area contributed by atoms with Crippen molar-refractivity contribution in [2.75, 3.05) is 0 Å². The molecule has 0 aliphatic heterocycles. The summed E-state index contributed by atoms with van der Waals surface area (Å²) in [6, 6.07) is 0. The molecule has 12 heavy (non-hydrogen) atoms. The molecule has 1 heterocycles. The van der Waals surface area contributed by atoms with Crippen molar-refractivity contribution in [2.45, 2.75) is 25.8 Å². The van der Waals surface area contributed by atoms with Crippen LogP contribution in [0.25, 0.3) is 0 Å². The molecule has 0 aliphatic rings. The van der Waals surface area contributed by atoms with Gasteiger partial charge in [0, 0.05) is 25.4 Å². The largest absolute Gasteiger partial charge is 0.325 e. The van der Waals surface area contributed by atoms with Gasteiger partial charge in [-0.05, 0) is 6.92 Å². The molecule has 5 heteroatoms. The molecule has 0 fully saturated rings. The molecule has 1 aromatic heterocycles. The zero-order chi connectivity index (χ0) is 9.19. The first-order valence-corrected chi connectivity index (χ1v) is 3.61. The van der Waals surface area contributed by atoms with Gasteiger partial charge in [-0.15, -0.1) is 0 Å². The number of imidazole rings is 1. The lowest BCUT2D eigenvalue weighted by Gasteiger charge is -2.08. The van der Waals surface area contributed by atoms with Crippen LogP contribution in [0, 0.1) is 0 Å². The van der Waals surface area contributed by atoms with Crippen LogP contribution in [0.5, 0.6) is 0 Å². The molecular formula is C7H10F2N2O. The molecule has 3 nitrogen and oxygen atoms in total. The maximum absolute atomic E-state index is 12.3. The summed E-state index contributed by atoms with van der Waals surface area (Å²) < 4.78 is 25.9. The summed E-state index contributed by atoms with van der Waals surface area (Å²) in [6.45, 7) is 0.885. The van der Waals surface area contributed by atoms with E-state index in [-0.39, 0.29) is 18.7 Å². The van der Waals surface area contributed by atoms with Crippen molar-refractivity contribution in [3.63, 3.8) is 0 Å². The van der Waals surface area contributed by atoms with Crippen LogP contribution in [0.2, 0.25) is 0 Å². The van der Waals surface area contributed by atoms with E-state index >= 15 is 0 Å². The van der Waals surface area contributed by atoms with Crippen LogP contribution in [0.1, 0.15) is 13.3 Å². The van der Waals surface area contributed by atoms with E-state index in [0.29, 0.717) is 0 Å². The van der Waals surface area contributed by atoms with Crippen molar-refractivity contribution in [1.29, 1.82) is 0 Å². The van der Waals surface area contributed by atoms with E-state index in [1.165, 1.54) is 17.0 Å². The molecule has 1 N–H and O–H groups in total. The van der Waals surface area contributed by atoms with Crippen LogP contribution in [0.4, 0.5) is 8.78 Å². The minimum Gasteiger partial charge on any atom is -0.313 e. The Balaban J connectivity index is 2.55. The smallest absolute Gasteiger partial charge is 0.313 e. The van der Waals surface area contributed by atoms with E-state index in [1.54, 1.807) is 0 Å². The predicted molar refractivity (Wildman–Crippen MR) is 40.3 cm³/mol. The third-order valence-electron chi connectivity index (χ3n) is 1.51. The quantitative estimate of drug-likeness (QED) is 0.738. The number of alkyl halides is 2. The maximum atomic E-state index is 12.3. The fraction of sp³-hybridized carbons (Fsp3) is 0.571. The van der Waals surface area contributed by atoms with Gasteiger partial charge in [-0.2, -0.15) is 0 Å². The van der Waals surface area contributed by atoms with Crippen LogP contribution >= 0.6 is 0 Å². The van der Waals surface area contributed by atoms with Gasteiger partial charge in [0.25, 0.3) is 0 Å². The average molecular weight is 176 g/mol. The number of hydrogen-bond donors (Lipinski definition) is 1. The number of nitrogens with zero attached hydrogens (tertiary/aromatic N) is 1. The fourth-order valence-electron chi connectivity index (χ4n) is 0.842. The lowest BCUT2D eigenvalue weighted by atomic mass is 10.3. The molecule has 0 saturated carbocycles. The summed E-state index contributed by atoms with van der Waals surface area (Å²) in [6.07, 6.45) is 2.56. The minimum absolute atomic E-state index is 0.0475. The van der Waals surface area contributed by atoms with Crippen LogP contribution in [-0.4, -0.2) is 15.5 Å². The number of nitrogens with one attached hydrogen (secondary N) is 1. The van der Waals surface area contributed by atoms with Crippen LogP contribution in [0.15, 0.2) is 17.2 Å². The van der Waals surface area contributed by atoms with Crippen molar-refractivity contribution in [2.24, 2.45) is 0 Å². The molecule has 0 saturated heterocycles. The van der Waals surface area contributed by atoms with Gasteiger partial charge in [-0.1, -0.05) is 0 Å². The first-order valence-electron chi connectivity index (χ1n) is 3.61. The van der Waals surface area contributed by atoms with Crippen molar-refractivity contribution in [3.05, 3.63) is 22.9 Å². The van der Waals surface area contributed by atoms with E-state index in [4.69, 9.17) is 0 Å². The SMILES string of the molecule is CC(F)(F)CCn1cc[nH]c1=O. The second-order valence-electron chi connectivity index (χ2n) is 2.78. The highest BCUT2D eigenvalue weighted by Crippen LogP contribution is 2.16. The number of aromatic amines is 1. The summed E-state index contributed by atoms with van der Waals surface area (Å²) in [5.74, 6) is -2.71. The molecule has 0 radical (unpaired) electrons. The molecule has 68 valence electrons. The third-order valence-corrected chi connectivity index (χ3v) is 1.51. The van der Waals surface area contributed by atoms with Gasteiger partial charge in [-0.25, -0.2) is 13.6 Å². The third kappa shape index (κ3) is 2.48. The Labute approximate surface area is 68.0 Å². The Morgan fingerprint density at radius 3 is 2.75 bits per heavy atom. The molecule has 1 rings (SSSR count). The lowest BCUT2D eigenvalue weighted by Crippen LogP contribution is -2.21. The summed E-state index contributed by atoms with van der Waals surface area (Å²) >= 11 is 0. The molecule has 0 aliphatic carbocycles. The van der Waals surface area contributed by atoms with E-state index in [2.05, 4.69) is 4.98 Å². The van der Waals surface area contributed by atoms with Gasteiger partial charge in [0.15, 0.2) is 0 Å². The van der Waals surface area contributed by atoms with Gasteiger partial charge >= 0.3 is 5.69 Å². The van der Waals surface area contributed by atoms with Crippen LogP contribution < -0.4 is 5.69 Å². The highest BCUT2D eigenvalue weighted by atomic mass is 19.3. The second-order valence-corrected chi connectivity index (χ2v) is 2.78. The van der Waals surface area contributed by atoms with Gasteiger partial charge < -0.3 is 4.98 Å². The van der Waals surface area contributed by atoms with Crippen molar-refractivity contribution in [1.82, 2.24) is 9.55 Å². The highest BCUT2D eigenvalue weighted by molar-refractivity contribution is 4.76. The minimum atomic E-state index is -2.71. The Bertz CT molecular complexity index is 297. The van der Waals surface area contributed by atoms with Crippen LogP contribution in [0.3, 0.4) is 0 Å². The summed E-state index contributed by atoms with van der Waals surface area (Å²) in [4.78, 5) is 13.2. The number of rotatable bonds is 3. The van der Waals surface area contributed by atoms with Crippen LogP contribution in [-0.2, 0) is 6.54 Å². The first-order chi connectivity index (χ1) is 5.49. The summed E-state index contributed by atoms with van der Waals surface area (Å²) in [5, 5.41) is 0. The zero-order valence-corrected chi connectivity index (χ0v) is 6.68. The van der Waals surface area contributed by atoms with E-state index in [9.17, 15) is 13.6 Å². The topological polar surface area (TPSA) is 37.8 Å². The predicted octanol–water partition coefficient (Wildman–Crippen LogP) is 1.22. The van der Waals surface area contributed by atoms with Crippen molar-refractivity contribution >= 4 is 0 Å². The Kier molecular flexibility index (Phi) is 2.30. The molecule has 0 bridgehead atoms. The first kappa shape index (κ1) is 8.96. The Hall–Kier alpha value is -1.13. The average Bonchev–Trinajstić information content (AvgIpc) is 2.29. The van der Waals surface area contributed by atoms with E-state index in [0.717, 1.165) is 6.92 Å².